The number of hydrogen-bond donors (Lipinski definition) is 2. The van der Waals surface area contributed by atoms with E-state index in [2.05, 4.69) is 15.8 Å². The smallest absolute Gasteiger partial charge is 0.240 e. The number of anilines is 2. The average Bonchev–Trinajstić information content (AvgIpc) is 3.46. The highest BCUT2D eigenvalue weighted by molar-refractivity contribution is 6.01. The molecule has 3 amide bonds. The number of hydrogen-bond acceptors (Lipinski definition) is 6. The van der Waals surface area contributed by atoms with Crippen LogP contribution in [0.4, 0.5) is 11.5 Å². The highest BCUT2D eigenvalue weighted by Gasteiger charge is 2.23. The van der Waals surface area contributed by atoms with E-state index in [-0.39, 0.29) is 43.2 Å². The molecule has 2 aromatic rings. The third-order valence-electron chi connectivity index (χ3n) is 5.28. The molecule has 9 heteroatoms. The van der Waals surface area contributed by atoms with Crippen LogP contribution in [-0.2, 0) is 25.5 Å². The zero-order chi connectivity index (χ0) is 22.9. The van der Waals surface area contributed by atoms with Crippen LogP contribution in [0.25, 0.3) is 0 Å². The summed E-state index contributed by atoms with van der Waals surface area (Å²) < 4.78 is 10.5. The van der Waals surface area contributed by atoms with Crippen LogP contribution in [0.5, 0.6) is 0 Å². The van der Waals surface area contributed by atoms with Crippen molar-refractivity contribution in [2.75, 3.05) is 29.9 Å². The van der Waals surface area contributed by atoms with Crippen molar-refractivity contribution in [1.29, 1.82) is 0 Å². The molecule has 0 saturated carbocycles. The van der Waals surface area contributed by atoms with Gasteiger partial charge in [0.1, 0.15) is 12.3 Å². The summed E-state index contributed by atoms with van der Waals surface area (Å²) in [5.74, 6) is -0.0282. The molecule has 0 unspecified atom stereocenters. The van der Waals surface area contributed by atoms with Crippen LogP contribution in [0.2, 0.25) is 0 Å². The Kier molecular flexibility index (Phi) is 8.38. The Balaban J connectivity index is 1.63. The number of ether oxygens (including phenoxy) is 1. The summed E-state index contributed by atoms with van der Waals surface area (Å²) in [6, 6.07) is 9.08. The largest absolute Gasteiger partial charge is 0.376 e. The van der Waals surface area contributed by atoms with E-state index in [1.54, 1.807) is 13.0 Å². The Labute approximate surface area is 187 Å². The molecule has 9 nitrogen and oxygen atoms in total. The predicted octanol–water partition coefficient (Wildman–Crippen LogP) is 2.59. The number of nitrogens with zero attached hydrogens (tertiary/aromatic N) is 2. The number of carbonyl (C=O) groups is 3. The third-order valence-corrected chi connectivity index (χ3v) is 5.28. The summed E-state index contributed by atoms with van der Waals surface area (Å²) in [5, 5.41) is 9.18. The minimum absolute atomic E-state index is 0.0230. The first kappa shape index (κ1) is 23.5. The number of amides is 3. The molecule has 1 atom stereocenters. The molecule has 1 saturated heterocycles. The van der Waals surface area contributed by atoms with Crippen molar-refractivity contribution in [1.82, 2.24) is 10.5 Å². The number of nitrogens with one attached hydrogen (secondary N) is 2. The van der Waals surface area contributed by atoms with E-state index in [1.165, 1.54) is 4.90 Å². The Morgan fingerprint density at radius 1 is 1.19 bits per heavy atom. The van der Waals surface area contributed by atoms with Gasteiger partial charge in [-0.1, -0.05) is 30.3 Å². The van der Waals surface area contributed by atoms with E-state index < -0.39 is 0 Å². The summed E-state index contributed by atoms with van der Waals surface area (Å²) in [6.07, 6.45) is 2.57. The molecule has 0 aliphatic carbocycles. The van der Waals surface area contributed by atoms with Gasteiger partial charge in [-0.15, -0.1) is 0 Å². The van der Waals surface area contributed by atoms with Crippen LogP contribution < -0.4 is 15.5 Å². The maximum absolute atomic E-state index is 13.1. The number of rotatable bonds is 10. The van der Waals surface area contributed by atoms with Gasteiger partial charge in [0.2, 0.25) is 17.7 Å². The Hall–Kier alpha value is -3.20. The SMILES string of the molecule is CCc1ccccc1N(CC(=O)NC[C@@H]1CCCO1)C(=O)CCC(=O)Nc1cc(C)on1. The van der Waals surface area contributed by atoms with E-state index in [0.717, 1.165) is 18.4 Å². The quantitative estimate of drug-likeness (QED) is 0.585. The van der Waals surface area contributed by atoms with E-state index in [9.17, 15) is 14.4 Å². The van der Waals surface area contributed by atoms with E-state index >= 15 is 0 Å². The van der Waals surface area contributed by atoms with E-state index in [4.69, 9.17) is 9.26 Å². The fraction of sp³-hybridized carbons (Fsp3) is 0.478. The molecule has 1 aliphatic rings. The van der Waals surface area contributed by atoms with Crippen molar-refractivity contribution >= 4 is 29.2 Å². The highest BCUT2D eigenvalue weighted by Crippen LogP contribution is 2.22. The normalized spacial score (nSPS) is 15.4. The molecule has 1 aromatic heterocycles. The van der Waals surface area contributed by atoms with Crippen molar-refractivity contribution in [3.05, 3.63) is 41.7 Å². The molecule has 0 spiro atoms. The van der Waals surface area contributed by atoms with Crippen LogP contribution in [0.1, 0.15) is 43.9 Å². The third kappa shape index (κ3) is 6.65. The predicted molar refractivity (Wildman–Crippen MR) is 119 cm³/mol. The lowest BCUT2D eigenvalue weighted by molar-refractivity contribution is -0.125. The number of para-hydroxylation sites is 1. The summed E-state index contributed by atoms with van der Waals surface area (Å²) in [6.45, 7) is 4.74. The van der Waals surface area contributed by atoms with Crippen LogP contribution in [-0.4, -0.2) is 48.7 Å². The molecular formula is C23H30N4O5. The molecule has 2 heterocycles. The standard InChI is InChI=1S/C23H30N4O5/c1-3-17-7-4-5-9-19(17)27(15-22(29)24-14-18-8-6-12-31-18)23(30)11-10-21(28)25-20-13-16(2)32-26-20/h4-5,7,9,13,18H,3,6,8,10-12,14-15H2,1-2H3,(H,24,29)(H,25,26,28)/t18-/m0/s1. The zero-order valence-corrected chi connectivity index (χ0v) is 18.6. The highest BCUT2D eigenvalue weighted by atomic mass is 16.5. The first-order chi connectivity index (χ1) is 15.5. The molecule has 32 heavy (non-hydrogen) atoms. The van der Waals surface area contributed by atoms with E-state index in [0.29, 0.717) is 36.8 Å². The second kappa shape index (κ2) is 11.4. The summed E-state index contributed by atoms with van der Waals surface area (Å²) in [7, 11) is 0. The molecule has 0 bridgehead atoms. The van der Waals surface area contributed by atoms with Gasteiger partial charge in [-0.25, -0.2) is 0 Å². The molecule has 1 aromatic carbocycles. The fourth-order valence-corrected chi connectivity index (χ4v) is 3.60. The summed E-state index contributed by atoms with van der Waals surface area (Å²) >= 11 is 0. The van der Waals surface area contributed by atoms with Gasteiger partial charge in [0.15, 0.2) is 5.82 Å². The molecule has 2 N–H and O–H groups in total. The monoisotopic (exact) mass is 442 g/mol. The molecule has 3 rings (SSSR count). The van der Waals surface area contributed by atoms with E-state index in [1.807, 2.05) is 31.2 Å². The average molecular weight is 443 g/mol. The number of aryl methyl sites for hydroxylation is 2. The van der Waals surface area contributed by atoms with Gasteiger partial charge in [-0.05, 0) is 37.8 Å². The van der Waals surface area contributed by atoms with Gasteiger partial charge in [0, 0.05) is 37.7 Å². The number of carbonyl (C=O) groups excluding carboxylic acids is 3. The zero-order valence-electron chi connectivity index (χ0n) is 18.6. The van der Waals surface area contributed by atoms with Gasteiger partial charge in [-0.3, -0.25) is 14.4 Å². The van der Waals surface area contributed by atoms with Gasteiger partial charge >= 0.3 is 0 Å². The maximum Gasteiger partial charge on any atom is 0.240 e. The Morgan fingerprint density at radius 3 is 2.69 bits per heavy atom. The van der Waals surface area contributed by atoms with Crippen LogP contribution in [0.3, 0.4) is 0 Å². The van der Waals surface area contributed by atoms with Crippen molar-refractivity contribution < 1.29 is 23.6 Å². The van der Waals surface area contributed by atoms with Crippen molar-refractivity contribution in [2.24, 2.45) is 0 Å². The second-order valence-electron chi connectivity index (χ2n) is 7.77. The summed E-state index contributed by atoms with van der Waals surface area (Å²) in [4.78, 5) is 39.4. The maximum atomic E-state index is 13.1. The number of benzene rings is 1. The lowest BCUT2D eigenvalue weighted by Crippen LogP contribution is -2.43. The molecule has 1 aliphatic heterocycles. The van der Waals surface area contributed by atoms with Crippen molar-refractivity contribution in [3.63, 3.8) is 0 Å². The fourth-order valence-electron chi connectivity index (χ4n) is 3.60. The van der Waals surface area contributed by atoms with Crippen molar-refractivity contribution in [3.8, 4) is 0 Å². The first-order valence-electron chi connectivity index (χ1n) is 11.0. The Bertz CT molecular complexity index is 936. The minimum atomic E-state index is -0.349. The van der Waals surface area contributed by atoms with Crippen LogP contribution >= 0.6 is 0 Å². The van der Waals surface area contributed by atoms with Gasteiger partial charge in [0.25, 0.3) is 0 Å². The van der Waals surface area contributed by atoms with Crippen LogP contribution in [0.15, 0.2) is 34.9 Å². The Morgan fingerprint density at radius 2 is 2.00 bits per heavy atom. The molecule has 0 radical (unpaired) electrons. The lowest BCUT2D eigenvalue weighted by Gasteiger charge is -2.25. The molecular weight excluding hydrogens is 412 g/mol. The lowest BCUT2D eigenvalue weighted by atomic mass is 10.1. The second-order valence-corrected chi connectivity index (χ2v) is 7.77. The molecule has 172 valence electrons. The van der Waals surface area contributed by atoms with Gasteiger partial charge < -0.3 is 24.8 Å². The van der Waals surface area contributed by atoms with Crippen LogP contribution in [0, 0.1) is 6.92 Å². The number of aromatic nitrogens is 1. The van der Waals surface area contributed by atoms with Gasteiger partial charge in [-0.2, -0.15) is 0 Å². The minimum Gasteiger partial charge on any atom is -0.376 e. The molecule has 1 fully saturated rings. The summed E-state index contributed by atoms with van der Waals surface area (Å²) in [5.41, 5.74) is 1.63. The van der Waals surface area contributed by atoms with Crippen molar-refractivity contribution in [2.45, 2.75) is 52.1 Å². The topological polar surface area (TPSA) is 114 Å². The first-order valence-corrected chi connectivity index (χ1v) is 11.0. The van der Waals surface area contributed by atoms with Gasteiger partial charge in [0.05, 0.1) is 6.10 Å².